The number of rotatable bonds is 7. The summed E-state index contributed by atoms with van der Waals surface area (Å²) in [5, 5.41) is 19.0. The molecule has 0 spiro atoms. The van der Waals surface area contributed by atoms with Gasteiger partial charge in [-0.3, -0.25) is 10.1 Å². The first-order chi connectivity index (χ1) is 13.4. The molecule has 1 aliphatic rings. The highest BCUT2D eigenvalue weighted by Gasteiger charge is 2.27. The summed E-state index contributed by atoms with van der Waals surface area (Å²) in [6, 6.07) is 5.81. The molecular weight excluding hydrogens is 364 g/mol. The Morgan fingerprint density at radius 2 is 2.04 bits per heavy atom. The highest BCUT2D eigenvalue weighted by molar-refractivity contribution is 5.97. The number of carbonyl (C=O) groups excluding carboxylic acids is 1. The van der Waals surface area contributed by atoms with E-state index in [1.54, 1.807) is 11.6 Å². The summed E-state index contributed by atoms with van der Waals surface area (Å²) >= 11 is 0. The van der Waals surface area contributed by atoms with Crippen molar-refractivity contribution in [3.63, 3.8) is 0 Å². The number of carbonyl (C=O) groups is 1. The summed E-state index contributed by atoms with van der Waals surface area (Å²) in [5.41, 5.74) is 3.47. The normalized spacial score (nSPS) is 13.1. The summed E-state index contributed by atoms with van der Waals surface area (Å²) in [5.74, 6) is 0.168. The predicted octanol–water partition coefficient (Wildman–Crippen LogP) is 3.02. The number of aromatic nitrogens is 3. The Kier molecular flexibility index (Phi) is 5.53. The highest BCUT2D eigenvalue weighted by atomic mass is 16.6. The third-order valence-electron chi connectivity index (χ3n) is 4.46. The SMILES string of the molecule is C=C(COc1ccc([N+](=O)[O-])cc1)n1nnc2c1CCC(C(=O)OCC)=C2C. The van der Waals surface area contributed by atoms with Gasteiger partial charge in [0.25, 0.3) is 5.69 Å². The Balaban J connectivity index is 1.72. The van der Waals surface area contributed by atoms with Gasteiger partial charge in [-0.25, -0.2) is 9.48 Å². The molecular formula is C19H20N4O5. The van der Waals surface area contributed by atoms with E-state index < -0.39 is 4.92 Å². The second-order valence-electron chi connectivity index (χ2n) is 6.23. The van der Waals surface area contributed by atoms with Crippen molar-refractivity contribution in [2.75, 3.05) is 13.2 Å². The molecule has 1 aliphatic carbocycles. The summed E-state index contributed by atoms with van der Waals surface area (Å²) < 4.78 is 12.4. The van der Waals surface area contributed by atoms with E-state index in [0.717, 1.165) is 11.3 Å². The molecule has 9 nitrogen and oxygen atoms in total. The molecule has 0 unspecified atom stereocenters. The molecule has 9 heteroatoms. The van der Waals surface area contributed by atoms with Crippen LogP contribution in [0.5, 0.6) is 5.75 Å². The molecule has 1 heterocycles. The lowest BCUT2D eigenvalue weighted by Gasteiger charge is -2.18. The van der Waals surface area contributed by atoms with Crippen LogP contribution in [-0.4, -0.2) is 39.1 Å². The second-order valence-corrected chi connectivity index (χ2v) is 6.23. The van der Waals surface area contributed by atoms with Crippen molar-refractivity contribution in [1.82, 2.24) is 15.0 Å². The van der Waals surface area contributed by atoms with E-state index in [9.17, 15) is 14.9 Å². The maximum absolute atomic E-state index is 12.1. The number of nitrogens with zero attached hydrogens (tertiary/aromatic N) is 4. The van der Waals surface area contributed by atoms with Crippen molar-refractivity contribution in [1.29, 1.82) is 0 Å². The molecule has 3 rings (SSSR count). The van der Waals surface area contributed by atoms with Crippen molar-refractivity contribution in [2.45, 2.75) is 26.7 Å². The zero-order valence-electron chi connectivity index (χ0n) is 15.7. The topological polar surface area (TPSA) is 109 Å². The van der Waals surface area contributed by atoms with Crippen LogP contribution in [-0.2, 0) is 16.0 Å². The number of nitro groups is 1. The van der Waals surface area contributed by atoms with Crippen LogP contribution in [0.25, 0.3) is 11.3 Å². The monoisotopic (exact) mass is 384 g/mol. The number of hydrogen-bond donors (Lipinski definition) is 0. The lowest BCUT2D eigenvalue weighted by atomic mass is 9.93. The third-order valence-corrected chi connectivity index (χ3v) is 4.46. The van der Waals surface area contributed by atoms with Gasteiger partial charge < -0.3 is 9.47 Å². The van der Waals surface area contributed by atoms with Crippen molar-refractivity contribution >= 4 is 22.9 Å². The Hall–Kier alpha value is -3.49. The molecule has 146 valence electrons. The number of nitro benzene ring substituents is 1. The van der Waals surface area contributed by atoms with Crippen LogP contribution in [0, 0.1) is 10.1 Å². The fourth-order valence-corrected chi connectivity index (χ4v) is 3.01. The number of benzene rings is 1. The van der Waals surface area contributed by atoms with E-state index in [1.165, 1.54) is 24.3 Å². The van der Waals surface area contributed by atoms with Crippen molar-refractivity contribution in [3.8, 4) is 5.75 Å². The van der Waals surface area contributed by atoms with E-state index in [0.29, 0.717) is 42.2 Å². The summed E-state index contributed by atoms with van der Waals surface area (Å²) in [6.07, 6.45) is 1.13. The standard InChI is InChI=1S/C19H20N4O5/c1-4-27-19(24)16-9-10-17-18(13(16)3)20-21-22(17)12(2)11-28-15-7-5-14(6-8-15)23(25)26/h5-8H,2,4,9-11H2,1,3H3. The number of esters is 1. The summed E-state index contributed by atoms with van der Waals surface area (Å²) in [6.45, 7) is 8.06. The average molecular weight is 384 g/mol. The lowest BCUT2D eigenvalue weighted by Crippen LogP contribution is -2.17. The van der Waals surface area contributed by atoms with Crippen LogP contribution in [0.4, 0.5) is 5.69 Å². The van der Waals surface area contributed by atoms with Gasteiger partial charge in [0.2, 0.25) is 0 Å². The number of hydrogen-bond acceptors (Lipinski definition) is 7. The molecule has 0 saturated heterocycles. The minimum absolute atomic E-state index is 0.00353. The van der Waals surface area contributed by atoms with Crippen LogP contribution >= 0.6 is 0 Å². The minimum Gasteiger partial charge on any atom is -0.487 e. The van der Waals surface area contributed by atoms with Crippen LogP contribution in [0.2, 0.25) is 0 Å². The van der Waals surface area contributed by atoms with Crippen LogP contribution in [0.15, 0.2) is 36.4 Å². The molecule has 0 saturated carbocycles. The van der Waals surface area contributed by atoms with E-state index >= 15 is 0 Å². The Morgan fingerprint density at radius 3 is 2.68 bits per heavy atom. The largest absolute Gasteiger partial charge is 0.487 e. The van der Waals surface area contributed by atoms with Gasteiger partial charge in [0.1, 0.15) is 18.1 Å². The molecule has 1 aromatic heterocycles. The molecule has 0 atom stereocenters. The molecule has 0 aliphatic heterocycles. The van der Waals surface area contributed by atoms with Gasteiger partial charge >= 0.3 is 5.97 Å². The zero-order valence-corrected chi connectivity index (χ0v) is 15.7. The van der Waals surface area contributed by atoms with Gasteiger partial charge in [-0.05, 0) is 44.4 Å². The van der Waals surface area contributed by atoms with Gasteiger partial charge in [-0.1, -0.05) is 11.8 Å². The highest BCUT2D eigenvalue weighted by Crippen LogP contribution is 2.31. The van der Waals surface area contributed by atoms with Gasteiger partial charge in [0, 0.05) is 17.7 Å². The Morgan fingerprint density at radius 1 is 1.32 bits per heavy atom. The number of non-ortho nitro benzene ring substituents is 1. The summed E-state index contributed by atoms with van der Waals surface area (Å²) in [4.78, 5) is 22.3. The summed E-state index contributed by atoms with van der Waals surface area (Å²) in [7, 11) is 0. The third kappa shape index (κ3) is 3.78. The molecule has 0 radical (unpaired) electrons. The number of fused-ring (bicyclic) bond motifs is 1. The van der Waals surface area contributed by atoms with Gasteiger partial charge in [-0.2, -0.15) is 0 Å². The number of allylic oxidation sites excluding steroid dienone is 1. The predicted molar refractivity (Wildman–Crippen MR) is 101 cm³/mol. The molecule has 0 fully saturated rings. The van der Waals surface area contributed by atoms with E-state index in [2.05, 4.69) is 16.9 Å². The molecule has 28 heavy (non-hydrogen) atoms. The first-order valence-corrected chi connectivity index (χ1v) is 8.79. The number of ether oxygens (including phenoxy) is 2. The molecule has 1 aromatic carbocycles. The maximum atomic E-state index is 12.1. The van der Waals surface area contributed by atoms with Gasteiger partial charge in [-0.15, -0.1) is 5.10 Å². The first kappa shape index (κ1) is 19.3. The van der Waals surface area contributed by atoms with E-state index in [-0.39, 0.29) is 18.3 Å². The van der Waals surface area contributed by atoms with E-state index in [1.807, 2.05) is 6.92 Å². The average Bonchev–Trinajstić information content (AvgIpc) is 3.12. The zero-order chi connectivity index (χ0) is 20.3. The second kappa shape index (κ2) is 8.03. The van der Waals surface area contributed by atoms with E-state index in [4.69, 9.17) is 9.47 Å². The molecule has 0 amide bonds. The Bertz CT molecular complexity index is 959. The van der Waals surface area contributed by atoms with Crippen molar-refractivity contribution < 1.29 is 19.2 Å². The van der Waals surface area contributed by atoms with Gasteiger partial charge in [0.15, 0.2) is 0 Å². The van der Waals surface area contributed by atoms with Crippen LogP contribution in [0.3, 0.4) is 0 Å². The molecule has 0 N–H and O–H groups in total. The first-order valence-electron chi connectivity index (χ1n) is 8.79. The fourth-order valence-electron chi connectivity index (χ4n) is 3.01. The molecule has 2 aromatic rings. The smallest absolute Gasteiger partial charge is 0.334 e. The van der Waals surface area contributed by atoms with Crippen LogP contribution < -0.4 is 4.74 Å². The Labute approximate surface area is 161 Å². The quantitative estimate of drug-likeness (QED) is 0.410. The maximum Gasteiger partial charge on any atom is 0.334 e. The van der Waals surface area contributed by atoms with Crippen molar-refractivity contribution in [3.05, 3.63) is 57.9 Å². The molecule has 0 bridgehead atoms. The van der Waals surface area contributed by atoms with Crippen molar-refractivity contribution in [2.24, 2.45) is 0 Å². The van der Waals surface area contributed by atoms with Gasteiger partial charge in [0.05, 0.1) is 22.9 Å². The fraction of sp³-hybridized carbons (Fsp3) is 0.316. The van der Waals surface area contributed by atoms with Crippen LogP contribution in [0.1, 0.15) is 31.7 Å². The lowest BCUT2D eigenvalue weighted by molar-refractivity contribution is -0.384. The minimum atomic E-state index is -0.467.